The number of likely N-dealkylation sites (tertiary alicyclic amines) is 1. The highest BCUT2D eigenvalue weighted by Gasteiger charge is 2.27. The number of aromatic nitrogens is 5. The molecule has 0 spiro atoms. The number of hydrogen-bond donors (Lipinski definition) is 1. The SMILES string of the molecule is Cc1cc(C)n(CCC(=O)N2CCC[C@@H](c3n[nH]c(C)n3)C2)n1. The standard InChI is InChI=1S/C16H24N6O/c1-11-9-12(2)22(20-11)8-6-15(23)21-7-4-5-14(10-21)16-17-13(3)18-19-16/h9,14H,4-8,10H2,1-3H3,(H,17,18,19)/t14-/m1/s1. The quantitative estimate of drug-likeness (QED) is 0.931. The molecule has 124 valence electrons. The Balaban J connectivity index is 1.57. The molecule has 1 fully saturated rings. The topological polar surface area (TPSA) is 79.7 Å². The summed E-state index contributed by atoms with van der Waals surface area (Å²) in [4.78, 5) is 18.9. The van der Waals surface area contributed by atoms with Crippen molar-refractivity contribution in [2.75, 3.05) is 13.1 Å². The molecule has 2 aromatic heterocycles. The second-order valence-electron chi connectivity index (χ2n) is 6.36. The maximum atomic E-state index is 12.5. The van der Waals surface area contributed by atoms with E-state index in [1.807, 2.05) is 36.4 Å². The van der Waals surface area contributed by atoms with E-state index in [0.29, 0.717) is 19.5 Å². The van der Waals surface area contributed by atoms with Crippen molar-refractivity contribution in [1.82, 2.24) is 29.9 Å². The molecule has 1 N–H and O–H groups in total. The van der Waals surface area contributed by atoms with Gasteiger partial charge in [0.15, 0.2) is 5.82 Å². The third kappa shape index (κ3) is 3.60. The minimum absolute atomic E-state index is 0.189. The summed E-state index contributed by atoms with van der Waals surface area (Å²) in [5.41, 5.74) is 2.09. The number of rotatable bonds is 4. The van der Waals surface area contributed by atoms with Gasteiger partial charge in [-0.1, -0.05) is 0 Å². The Morgan fingerprint density at radius 2 is 2.22 bits per heavy atom. The van der Waals surface area contributed by atoms with E-state index in [1.165, 1.54) is 0 Å². The fourth-order valence-electron chi connectivity index (χ4n) is 3.22. The summed E-state index contributed by atoms with van der Waals surface area (Å²) in [6.07, 6.45) is 2.53. The van der Waals surface area contributed by atoms with E-state index in [-0.39, 0.29) is 11.8 Å². The van der Waals surface area contributed by atoms with Crippen LogP contribution in [-0.4, -0.2) is 48.9 Å². The third-order valence-corrected chi connectivity index (χ3v) is 4.39. The van der Waals surface area contributed by atoms with Gasteiger partial charge in [0.25, 0.3) is 0 Å². The first-order chi connectivity index (χ1) is 11.0. The van der Waals surface area contributed by atoms with Gasteiger partial charge in [-0.2, -0.15) is 10.2 Å². The molecular formula is C16H24N6O. The molecule has 1 aliphatic heterocycles. The Bertz CT molecular complexity index is 689. The molecule has 7 nitrogen and oxygen atoms in total. The molecule has 1 amide bonds. The van der Waals surface area contributed by atoms with Crippen molar-refractivity contribution < 1.29 is 4.79 Å². The van der Waals surface area contributed by atoms with Gasteiger partial charge in [-0.25, -0.2) is 4.98 Å². The Hall–Kier alpha value is -2.18. The van der Waals surface area contributed by atoms with Crippen LogP contribution in [0.4, 0.5) is 0 Å². The van der Waals surface area contributed by atoms with Gasteiger partial charge < -0.3 is 4.90 Å². The van der Waals surface area contributed by atoms with Gasteiger partial charge in [0.05, 0.1) is 5.69 Å². The molecule has 3 rings (SSSR count). The van der Waals surface area contributed by atoms with Crippen molar-refractivity contribution in [1.29, 1.82) is 0 Å². The van der Waals surface area contributed by atoms with Crippen LogP contribution in [0.5, 0.6) is 0 Å². The summed E-state index contributed by atoms with van der Waals surface area (Å²) >= 11 is 0. The van der Waals surface area contributed by atoms with Crippen molar-refractivity contribution in [3.05, 3.63) is 29.1 Å². The molecular weight excluding hydrogens is 292 g/mol. The number of H-pyrrole nitrogens is 1. The molecule has 1 atom stereocenters. The Morgan fingerprint density at radius 3 is 2.87 bits per heavy atom. The third-order valence-electron chi connectivity index (χ3n) is 4.39. The number of nitrogens with one attached hydrogen (secondary N) is 1. The van der Waals surface area contributed by atoms with E-state index in [2.05, 4.69) is 20.3 Å². The summed E-state index contributed by atoms with van der Waals surface area (Å²) < 4.78 is 1.91. The lowest BCUT2D eigenvalue weighted by molar-refractivity contribution is -0.132. The molecule has 2 aromatic rings. The van der Waals surface area contributed by atoms with Crippen LogP contribution in [0.25, 0.3) is 0 Å². The molecule has 0 unspecified atom stereocenters. The average molecular weight is 316 g/mol. The van der Waals surface area contributed by atoms with Gasteiger partial charge in [0.1, 0.15) is 5.82 Å². The molecule has 0 aromatic carbocycles. The van der Waals surface area contributed by atoms with Gasteiger partial charge in [0.2, 0.25) is 5.91 Å². The van der Waals surface area contributed by atoms with Crippen molar-refractivity contribution >= 4 is 5.91 Å². The average Bonchev–Trinajstić information content (AvgIpc) is 3.10. The van der Waals surface area contributed by atoms with E-state index in [4.69, 9.17) is 0 Å². The lowest BCUT2D eigenvalue weighted by Crippen LogP contribution is -2.39. The molecule has 0 aliphatic carbocycles. The van der Waals surface area contributed by atoms with Gasteiger partial charge in [0, 0.05) is 37.7 Å². The van der Waals surface area contributed by atoms with Crippen LogP contribution in [0, 0.1) is 20.8 Å². The minimum atomic E-state index is 0.189. The lowest BCUT2D eigenvalue weighted by atomic mass is 9.97. The van der Waals surface area contributed by atoms with Crippen molar-refractivity contribution in [2.45, 2.75) is 52.5 Å². The summed E-state index contributed by atoms with van der Waals surface area (Å²) in [5, 5.41) is 11.6. The number of hydrogen-bond acceptors (Lipinski definition) is 4. The van der Waals surface area contributed by atoms with Crippen LogP contribution >= 0.6 is 0 Å². The Labute approximate surface area is 136 Å². The van der Waals surface area contributed by atoms with E-state index >= 15 is 0 Å². The predicted octanol–water partition coefficient (Wildman–Crippen LogP) is 1.72. The molecule has 0 bridgehead atoms. The zero-order chi connectivity index (χ0) is 16.4. The first-order valence-electron chi connectivity index (χ1n) is 8.20. The summed E-state index contributed by atoms with van der Waals surface area (Å²) in [6, 6.07) is 2.03. The first kappa shape index (κ1) is 15.7. The van der Waals surface area contributed by atoms with E-state index in [0.717, 1.165) is 42.4 Å². The zero-order valence-electron chi connectivity index (χ0n) is 14.0. The van der Waals surface area contributed by atoms with Crippen LogP contribution in [0.1, 0.15) is 48.2 Å². The van der Waals surface area contributed by atoms with Gasteiger partial charge in [-0.05, 0) is 39.7 Å². The zero-order valence-corrected chi connectivity index (χ0v) is 14.0. The molecule has 0 radical (unpaired) electrons. The highest BCUT2D eigenvalue weighted by Crippen LogP contribution is 2.24. The molecule has 1 aliphatic rings. The monoisotopic (exact) mass is 316 g/mol. The molecule has 1 saturated heterocycles. The summed E-state index contributed by atoms with van der Waals surface area (Å²) in [7, 11) is 0. The van der Waals surface area contributed by atoms with Crippen LogP contribution < -0.4 is 0 Å². The lowest BCUT2D eigenvalue weighted by Gasteiger charge is -2.31. The second kappa shape index (κ2) is 6.52. The molecule has 3 heterocycles. The van der Waals surface area contributed by atoms with E-state index < -0.39 is 0 Å². The number of carbonyl (C=O) groups excluding carboxylic acids is 1. The van der Waals surface area contributed by atoms with Crippen LogP contribution in [0.15, 0.2) is 6.07 Å². The molecule has 7 heteroatoms. The van der Waals surface area contributed by atoms with Crippen molar-refractivity contribution in [2.24, 2.45) is 0 Å². The fraction of sp³-hybridized carbons (Fsp3) is 0.625. The van der Waals surface area contributed by atoms with Crippen molar-refractivity contribution in [3.8, 4) is 0 Å². The van der Waals surface area contributed by atoms with E-state index in [1.54, 1.807) is 0 Å². The summed E-state index contributed by atoms with van der Waals surface area (Å²) in [5.74, 6) is 2.09. The van der Waals surface area contributed by atoms with Crippen LogP contribution in [0.2, 0.25) is 0 Å². The Kier molecular flexibility index (Phi) is 4.45. The maximum Gasteiger partial charge on any atom is 0.224 e. The maximum absolute atomic E-state index is 12.5. The van der Waals surface area contributed by atoms with E-state index in [9.17, 15) is 4.79 Å². The van der Waals surface area contributed by atoms with Gasteiger partial charge in [-0.3, -0.25) is 14.6 Å². The number of carbonyl (C=O) groups is 1. The highest BCUT2D eigenvalue weighted by atomic mass is 16.2. The highest BCUT2D eigenvalue weighted by molar-refractivity contribution is 5.76. The van der Waals surface area contributed by atoms with Crippen molar-refractivity contribution in [3.63, 3.8) is 0 Å². The molecule has 0 saturated carbocycles. The smallest absolute Gasteiger partial charge is 0.224 e. The molecule has 23 heavy (non-hydrogen) atoms. The number of nitrogens with zero attached hydrogens (tertiary/aromatic N) is 5. The number of aryl methyl sites for hydroxylation is 4. The number of piperidine rings is 1. The largest absolute Gasteiger partial charge is 0.342 e. The predicted molar refractivity (Wildman–Crippen MR) is 86.0 cm³/mol. The fourth-order valence-corrected chi connectivity index (χ4v) is 3.22. The van der Waals surface area contributed by atoms with Crippen LogP contribution in [-0.2, 0) is 11.3 Å². The Morgan fingerprint density at radius 1 is 1.39 bits per heavy atom. The van der Waals surface area contributed by atoms with Gasteiger partial charge >= 0.3 is 0 Å². The second-order valence-corrected chi connectivity index (χ2v) is 6.36. The van der Waals surface area contributed by atoms with Crippen LogP contribution in [0.3, 0.4) is 0 Å². The number of amides is 1. The normalized spacial score (nSPS) is 18.4. The summed E-state index contributed by atoms with van der Waals surface area (Å²) in [6.45, 7) is 8.07. The number of aromatic amines is 1. The minimum Gasteiger partial charge on any atom is -0.342 e. The first-order valence-corrected chi connectivity index (χ1v) is 8.20. The van der Waals surface area contributed by atoms with Gasteiger partial charge in [-0.15, -0.1) is 0 Å².